The number of para-hydroxylation sites is 1. The Morgan fingerprint density at radius 1 is 1.00 bits per heavy atom. The summed E-state index contributed by atoms with van der Waals surface area (Å²) in [5.74, 6) is 0.301. The Kier molecular flexibility index (Phi) is 9.85. The topological polar surface area (TPSA) is 120 Å². The molecule has 1 unspecified atom stereocenters. The number of amides is 2. The zero-order chi connectivity index (χ0) is 32.8. The Bertz CT molecular complexity index is 1840. The van der Waals surface area contributed by atoms with Crippen molar-refractivity contribution in [3.8, 4) is 22.6 Å². The number of methoxy groups -OCH3 is 1. The number of rotatable bonds is 12. The first kappa shape index (κ1) is 31.8. The summed E-state index contributed by atoms with van der Waals surface area (Å²) in [4.78, 5) is 30.1. The van der Waals surface area contributed by atoms with Crippen LogP contribution in [0.3, 0.4) is 0 Å². The number of benzene rings is 4. The number of carbonyl (C=O) groups excluding carboxylic acids is 2. The molecule has 9 nitrogen and oxygen atoms in total. The number of carbonyl (C=O) groups is 2. The number of aromatic nitrogens is 2. The van der Waals surface area contributed by atoms with Crippen LogP contribution in [-0.2, 0) is 24.3 Å². The fraction of sp³-hybridized carbons (Fsp3) is 0.216. The lowest BCUT2D eigenvalue weighted by Crippen LogP contribution is -2.46. The third-order valence-corrected chi connectivity index (χ3v) is 8.63. The number of nitrogens with one attached hydrogen (secondary N) is 2. The molecule has 1 aromatic heterocycles. The maximum atomic E-state index is 13.4. The second-order valence-electron chi connectivity index (χ2n) is 11.5. The third kappa shape index (κ3) is 7.65. The van der Waals surface area contributed by atoms with Crippen molar-refractivity contribution in [2.24, 2.45) is 5.73 Å². The number of primary amides is 1. The van der Waals surface area contributed by atoms with Crippen molar-refractivity contribution < 1.29 is 19.1 Å². The second-order valence-corrected chi connectivity index (χ2v) is 11.9. The van der Waals surface area contributed by atoms with Gasteiger partial charge in [0.2, 0.25) is 5.91 Å². The van der Waals surface area contributed by atoms with Gasteiger partial charge in [-0.1, -0.05) is 72.3 Å². The van der Waals surface area contributed by atoms with E-state index in [1.165, 1.54) is 5.56 Å². The summed E-state index contributed by atoms with van der Waals surface area (Å²) in [7, 11) is 1.67. The molecular formula is C37H36ClN5O4. The summed E-state index contributed by atoms with van der Waals surface area (Å²) >= 11 is 5.99. The molecule has 4 N–H and O–H groups in total. The van der Waals surface area contributed by atoms with Crippen molar-refractivity contribution in [1.29, 1.82) is 0 Å². The van der Waals surface area contributed by atoms with Crippen molar-refractivity contribution in [2.45, 2.75) is 38.0 Å². The van der Waals surface area contributed by atoms with Crippen molar-refractivity contribution >= 4 is 23.4 Å². The Morgan fingerprint density at radius 3 is 2.40 bits per heavy atom. The molecule has 1 aliphatic heterocycles. The Balaban J connectivity index is 1.10. The van der Waals surface area contributed by atoms with Crippen LogP contribution in [0, 0.1) is 0 Å². The van der Waals surface area contributed by atoms with E-state index >= 15 is 0 Å². The van der Waals surface area contributed by atoms with Crippen LogP contribution in [0.15, 0.2) is 104 Å². The van der Waals surface area contributed by atoms with E-state index in [0.29, 0.717) is 36.0 Å². The average molecular weight is 650 g/mol. The minimum atomic E-state index is -0.893. The first-order chi connectivity index (χ1) is 22.9. The largest absolute Gasteiger partial charge is 0.497 e. The third-order valence-electron chi connectivity index (χ3n) is 8.38. The molecule has 6 rings (SSSR count). The molecule has 0 aliphatic carbocycles. The van der Waals surface area contributed by atoms with Crippen LogP contribution >= 0.6 is 11.6 Å². The number of nitrogens with two attached hydrogens (primary N) is 1. The number of halogens is 1. The predicted molar refractivity (Wildman–Crippen MR) is 181 cm³/mol. The van der Waals surface area contributed by atoms with Crippen LogP contribution in [0.25, 0.3) is 11.1 Å². The van der Waals surface area contributed by atoms with Gasteiger partial charge in [0.1, 0.15) is 17.5 Å². The number of fused-ring (bicyclic) bond motifs is 1. The molecule has 0 fully saturated rings. The minimum absolute atomic E-state index is 0.0420. The zero-order valence-electron chi connectivity index (χ0n) is 26.0. The quantitative estimate of drug-likeness (QED) is 0.160. The average Bonchev–Trinajstić information content (AvgIpc) is 3.54. The lowest BCUT2D eigenvalue weighted by molar-refractivity contribution is -0.119. The van der Waals surface area contributed by atoms with Gasteiger partial charge in [0.15, 0.2) is 0 Å². The standard InChI is InChI=1S/C37H36ClN5O4/c1-46-30-15-11-27(12-16-30)26-9-5-25(6-10-26)22-43-23-40-20-29(43)21-41-33-17-18-47-35-31(33)3-2-4-32(35)37(45)42-34(36(39)44)19-24-7-13-28(38)14-8-24/h2-16,20,23,33-34,41H,17-19,21-22H2,1H3,(H2,39,44)(H,42,45)/t33?,34-/m0/s1. The number of ether oxygens (including phenoxy) is 2. The van der Waals surface area contributed by atoms with E-state index in [1.807, 2.05) is 36.8 Å². The first-order valence-corrected chi connectivity index (χ1v) is 15.8. The molecule has 0 saturated carbocycles. The molecule has 2 heterocycles. The van der Waals surface area contributed by atoms with Gasteiger partial charge in [-0.3, -0.25) is 9.59 Å². The van der Waals surface area contributed by atoms with Crippen LogP contribution in [0.5, 0.6) is 11.5 Å². The maximum Gasteiger partial charge on any atom is 0.255 e. The SMILES string of the molecule is COc1ccc(-c2ccc(Cn3cncc3CNC3CCOc4c(C(=O)N[C@@H](Cc5ccc(Cl)cc5)C(N)=O)cccc43)cc2)cc1. The molecule has 0 saturated heterocycles. The van der Waals surface area contributed by atoms with Gasteiger partial charge >= 0.3 is 0 Å². The Morgan fingerprint density at radius 2 is 1.70 bits per heavy atom. The fourth-order valence-electron chi connectivity index (χ4n) is 5.78. The number of nitrogens with zero attached hydrogens (tertiary/aromatic N) is 2. The number of hydrogen-bond donors (Lipinski definition) is 3. The van der Waals surface area contributed by atoms with E-state index in [-0.39, 0.29) is 12.5 Å². The number of hydrogen-bond acceptors (Lipinski definition) is 6. The summed E-state index contributed by atoms with van der Waals surface area (Å²) < 4.78 is 13.4. The first-order valence-electron chi connectivity index (χ1n) is 15.4. The summed E-state index contributed by atoms with van der Waals surface area (Å²) in [6.45, 7) is 1.71. The predicted octanol–water partition coefficient (Wildman–Crippen LogP) is 5.70. The van der Waals surface area contributed by atoms with E-state index in [2.05, 4.69) is 56.6 Å². The molecule has 10 heteroatoms. The molecule has 0 radical (unpaired) electrons. The van der Waals surface area contributed by atoms with Gasteiger partial charge in [0.05, 0.1) is 31.3 Å². The maximum absolute atomic E-state index is 13.4. The molecule has 47 heavy (non-hydrogen) atoms. The van der Waals surface area contributed by atoms with Crippen LogP contribution in [-0.4, -0.2) is 41.1 Å². The van der Waals surface area contributed by atoms with Crippen LogP contribution in [0.1, 0.15) is 45.2 Å². The van der Waals surface area contributed by atoms with Gasteiger partial charge in [0, 0.05) is 48.8 Å². The van der Waals surface area contributed by atoms with Gasteiger partial charge in [-0.05, 0) is 52.6 Å². The molecular weight excluding hydrogens is 614 g/mol. The van der Waals surface area contributed by atoms with E-state index < -0.39 is 17.9 Å². The lowest BCUT2D eigenvalue weighted by Gasteiger charge is -2.28. The van der Waals surface area contributed by atoms with Gasteiger partial charge < -0.3 is 30.4 Å². The van der Waals surface area contributed by atoms with E-state index in [9.17, 15) is 9.59 Å². The highest BCUT2D eigenvalue weighted by Crippen LogP contribution is 2.35. The van der Waals surface area contributed by atoms with Crippen LogP contribution in [0.2, 0.25) is 5.02 Å². The molecule has 2 amide bonds. The molecule has 1 aliphatic rings. The summed E-state index contributed by atoms with van der Waals surface area (Å²) in [6, 6.07) is 28.2. The molecule has 4 aromatic carbocycles. The monoisotopic (exact) mass is 649 g/mol. The summed E-state index contributed by atoms with van der Waals surface area (Å²) in [6.07, 6.45) is 4.69. The smallest absolute Gasteiger partial charge is 0.255 e. The second kappa shape index (κ2) is 14.5. The molecule has 0 spiro atoms. The molecule has 5 aromatic rings. The molecule has 0 bridgehead atoms. The van der Waals surface area contributed by atoms with Crippen molar-refractivity contribution in [2.75, 3.05) is 13.7 Å². The van der Waals surface area contributed by atoms with Gasteiger partial charge in [-0.15, -0.1) is 0 Å². The minimum Gasteiger partial charge on any atom is -0.497 e. The number of imidazole rings is 1. The van der Waals surface area contributed by atoms with E-state index in [0.717, 1.165) is 40.1 Å². The summed E-state index contributed by atoms with van der Waals surface area (Å²) in [5.41, 5.74) is 12.2. The highest BCUT2D eigenvalue weighted by molar-refractivity contribution is 6.30. The van der Waals surface area contributed by atoms with Crippen molar-refractivity contribution in [1.82, 2.24) is 20.2 Å². The van der Waals surface area contributed by atoms with Crippen molar-refractivity contribution in [3.05, 3.63) is 136 Å². The van der Waals surface area contributed by atoms with Crippen molar-refractivity contribution in [3.63, 3.8) is 0 Å². The van der Waals surface area contributed by atoms with Gasteiger partial charge in [-0.25, -0.2) is 4.98 Å². The van der Waals surface area contributed by atoms with E-state index in [4.69, 9.17) is 26.8 Å². The molecule has 2 atom stereocenters. The van der Waals surface area contributed by atoms with Gasteiger partial charge in [0.25, 0.3) is 5.91 Å². The zero-order valence-corrected chi connectivity index (χ0v) is 26.7. The van der Waals surface area contributed by atoms with E-state index in [1.54, 1.807) is 37.4 Å². The van der Waals surface area contributed by atoms with Crippen LogP contribution in [0.4, 0.5) is 0 Å². The highest BCUT2D eigenvalue weighted by atomic mass is 35.5. The normalized spacial score (nSPS) is 14.5. The summed E-state index contributed by atoms with van der Waals surface area (Å²) in [5, 5.41) is 7.03. The van der Waals surface area contributed by atoms with Crippen LogP contribution < -0.4 is 25.8 Å². The Labute approximate surface area is 278 Å². The molecule has 240 valence electrons. The Hall–Kier alpha value is -5.12. The van der Waals surface area contributed by atoms with Gasteiger partial charge in [-0.2, -0.15) is 0 Å². The highest BCUT2D eigenvalue weighted by Gasteiger charge is 2.28. The fourth-order valence-corrected chi connectivity index (χ4v) is 5.90. The lowest BCUT2D eigenvalue weighted by atomic mass is 9.96.